The highest BCUT2D eigenvalue weighted by atomic mass is 16.5. The molecule has 0 spiro atoms. The van der Waals surface area contributed by atoms with Crippen molar-refractivity contribution < 1.29 is 24.2 Å². The number of carboxylic acid groups (broad SMARTS) is 1. The van der Waals surface area contributed by atoms with E-state index in [1.54, 1.807) is 0 Å². The Labute approximate surface area is 148 Å². The maximum absolute atomic E-state index is 12.5. The summed E-state index contributed by atoms with van der Waals surface area (Å²) in [6.07, 6.45) is 6.53. The summed E-state index contributed by atoms with van der Waals surface area (Å²) >= 11 is 0. The van der Waals surface area contributed by atoms with Crippen molar-refractivity contribution in [3.05, 3.63) is 17.7 Å². The van der Waals surface area contributed by atoms with Gasteiger partial charge in [-0.15, -0.1) is 0 Å². The van der Waals surface area contributed by atoms with Crippen LogP contribution in [-0.4, -0.2) is 31.2 Å². The van der Waals surface area contributed by atoms with Crippen LogP contribution in [0.1, 0.15) is 55.8 Å². The highest BCUT2D eigenvalue weighted by Crippen LogP contribution is 2.37. The minimum absolute atomic E-state index is 0.0354. The van der Waals surface area contributed by atoms with Crippen molar-refractivity contribution >= 4 is 17.6 Å². The van der Waals surface area contributed by atoms with Gasteiger partial charge in [-0.25, -0.2) is 4.79 Å². The smallest absolute Gasteiger partial charge is 0.335 e. The Kier molecular flexibility index (Phi) is 6.67. The van der Waals surface area contributed by atoms with Crippen LogP contribution in [0, 0.1) is 11.8 Å². The van der Waals surface area contributed by atoms with Gasteiger partial charge < -0.3 is 19.9 Å². The van der Waals surface area contributed by atoms with Crippen molar-refractivity contribution in [1.29, 1.82) is 0 Å². The van der Waals surface area contributed by atoms with E-state index < -0.39 is 5.97 Å². The summed E-state index contributed by atoms with van der Waals surface area (Å²) in [5.74, 6) is 0.259. The van der Waals surface area contributed by atoms with Gasteiger partial charge in [-0.1, -0.05) is 39.0 Å². The molecule has 1 amide bonds. The summed E-state index contributed by atoms with van der Waals surface area (Å²) in [7, 11) is 2.89. The molecule has 0 bridgehead atoms. The number of hydrogen-bond donors (Lipinski definition) is 2. The molecule has 1 aliphatic rings. The Bertz CT molecular complexity index is 622. The van der Waals surface area contributed by atoms with Crippen LogP contribution in [0.3, 0.4) is 0 Å². The molecule has 2 N–H and O–H groups in total. The topological polar surface area (TPSA) is 84.9 Å². The van der Waals surface area contributed by atoms with E-state index in [-0.39, 0.29) is 17.2 Å². The molecule has 1 aromatic rings. The molecule has 0 saturated heterocycles. The molecule has 1 fully saturated rings. The van der Waals surface area contributed by atoms with Crippen LogP contribution < -0.4 is 14.8 Å². The van der Waals surface area contributed by atoms with Crippen LogP contribution in [0.4, 0.5) is 5.69 Å². The average Bonchev–Trinajstić information content (AvgIpc) is 2.61. The molecule has 1 atom stereocenters. The van der Waals surface area contributed by atoms with Gasteiger partial charge in [0.15, 0.2) is 11.5 Å². The third kappa shape index (κ3) is 4.87. The van der Waals surface area contributed by atoms with Gasteiger partial charge in [-0.3, -0.25) is 4.79 Å². The molecule has 6 nitrogen and oxygen atoms in total. The number of carboxylic acids is 1. The molecule has 0 aliphatic heterocycles. The molecule has 25 heavy (non-hydrogen) atoms. The zero-order valence-corrected chi connectivity index (χ0v) is 15.1. The lowest BCUT2D eigenvalue weighted by Gasteiger charge is -2.27. The monoisotopic (exact) mass is 349 g/mol. The van der Waals surface area contributed by atoms with Gasteiger partial charge in [-0.2, -0.15) is 0 Å². The van der Waals surface area contributed by atoms with Crippen LogP contribution in [0.5, 0.6) is 11.5 Å². The Morgan fingerprint density at radius 3 is 2.44 bits per heavy atom. The van der Waals surface area contributed by atoms with Crippen molar-refractivity contribution in [2.75, 3.05) is 19.5 Å². The van der Waals surface area contributed by atoms with Gasteiger partial charge in [0.25, 0.3) is 0 Å². The number of rotatable bonds is 7. The van der Waals surface area contributed by atoms with Crippen LogP contribution in [0.25, 0.3) is 0 Å². The SMILES string of the molecule is COc1cc(C(=O)O)cc(NC(=O)CC(C)C2CCCCC2)c1OC. The normalized spacial score (nSPS) is 16.1. The second-order valence-electron chi connectivity index (χ2n) is 6.69. The third-order valence-corrected chi connectivity index (χ3v) is 4.96. The van der Waals surface area contributed by atoms with Gasteiger partial charge in [0.2, 0.25) is 5.91 Å². The second kappa shape index (κ2) is 8.74. The van der Waals surface area contributed by atoms with E-state index in [4.69, 9.17) is 9.47 Å². The summed E-state index contributed by atoms with van der Waals surface area (Å²) in [5, 5.41) is 12.0. The van der Waals surface area contributed by atoms with Gasteiger partial charge >= 0.3 is 5.97 Å². The van der Waals surface area contributed by atoms with Gasteiger partial charge in [0.05, 0.1) is 25.5 Å². The molecule has 138 valence electrons. The van der Waals surface area contributed by atoms with Crippen LogP contribution in [0.2, 0.25) is 0 Å². The number of carbonyl (C=O) groups excluding carboxylic acids is 1. The molecule has 6 heteroatoms. The summed E-state index contributed by atoms with van der Waals surface area (Å²) in [4.78, 5) is 23.7. The van der Waals surface area contributed by atoms with E-state index in [1.807, 2.05) is 0 Å². The highest BCUT2D eigenvalue weighted by Gasteiger charge is 2.23. The fourth-order valence-corrected chi connectivity index (χ4v) is 3.54. The first-order valence-electron chi connectivity index (χ1n) is 8.75. The predicted octanol–water partition coefficient (Wildman–Crippen LogP) is 3.95. The molecule has 0 radical (unpaired) electrons. The molecule has 1 unspecified atom stereocenters. The number of carbonyl (C=O) groups is 2. The fourth-order valence-electron chi connectivity index (χ4n) is 3.54. The van der Waals surface area contributed by atoms with Crippen molar-refractivity contribution in [3.8, 4) is 11.5 Å². The van der Waals surface area contributed by atoms with Gasteiger partial charge in [0.1, 0.15) is 0 Å². The van der Waals surface area contributed by atoms with E-state index in [0.717, 1.165) is 0 Å². The van der Waals surface area contributed by atoms with E-state index in [9.17, 15) is 14.7 Å². The molecule has 1 aromatic carbocycles. The van der Waals surface area contributed by atoms with Crippen LogP contribution in [0.15, 0.2) is 12.1 Å². The standard InChI is InChI=1S/C19H27NO5/c1-12(13-7-5-4-6-8-13)9-17(21)20-15-10-14(19(22)23)11-16(24-2)18(15)25-3/h10-13H,4-9H2,1-3H3,(H,20,21)(H,22,23). The lowest BCUT2D eigenvalue weighted by molar-refractivity contribution is -0.117. The number of benzene rings is 1. The first kappa shape index (κ1) is 19.1. The quantitative estimate of drug-likeness (QED) is 0.778. The van der Waals surface area contributed by atoms with Gasteiger partial charge in [-0.05, 0) is 24.0 Å². The fraction of sp³-hybridized carbons (Fsp3) is 0.579. The Morgan fingerprint density at radius 2 is 1.88 bits per heavy atom. The maximum atomic E-state index is 12.5. The van der Waals surface area contributed by atoms with Crippen molar-refractivity contribution in [2.24, 2.45) is 11.8 Å². The van der Waals surface area contributed by atoms with E-state index in [2.05, 4.69) is 12.2 Å². The summed E-state index contributed by atoms with van der Waals surface area (Å²) in [6, 6.07) is 2.77. The molecule has 1 saturated carbocycles. The van der Waals surface area contributed by atoms with Crippen LogP contribution >= 0.6 is 0 Å². The number of aromatic carboxylic acids is 1. The number of anilines is 1. The second-order valence-corrected chi connectivity index (χ2v) is 6.69. The molecule has 2 rings (SSSR count). The van der Waals surface area contributed by atoms with Crippen molar-refractivity contribution in [3.63, 3.8) is 0 Å². The Balaban J connectivity index is 2.13. The first-order chi connectivity index (χ1) is 12.0. The largest absolute Gasteiger partial charge is 0.493 e. The summed E-state index contributed by atoms with van der Waals surface area (Å²) < 4.78 is 10.5. The summed E-state index contributed by atoms with van der Waals surface area (Å²) in [6.45, 7) is 2.11. The molecular formula is C19H27NO5. The zero-order chi connectivity index (χ0) is 18.4. The van der Waals surface area contributed by atoms with E-state index in [1.165, 1.54) is 58.5 Å². The van der Waals surface area contributed by atoms with Gasteiger partial charge in [0, 0.05) is 6.42 Å². The molecule has 0 aromatic heterocycles. The number of hydrogen-bond acceptors (Lipinski definition) is 4. The third-order valence-electron chi connectivity index (χ3n) is 4.96. The maximum Gasteiger partial charge on any atom is 0.335 e. The lowest BCUT2D eigenvalue weighted by atomic mass is 9.79. The summed E-state index contributed by atoms with van der Waals surface area (Å²) in [5.41, 5.74) is 0.355. The lowest BCUT2D eigenvalue weighted by Crippen LogP contribution is -2.22. The number of methoxy groups -OCH3 is 2. The van der Waals surface area contributed by atoms with E-state index in [0.29, 0.717) is 29.7 Å². The number of ether oxygens (including phenoxy) is 2. The van der Waals surface area contributed by atoms with Crippen molar-refractivity contribution in [1.82, 2.24) is 0 Å². The minimum atomic E-state index is -1.09. The Hall–Kier alpha value is -2.24. The molecular weight excluding hydrogens is 322 g/mol. The molecule has 1 aliphatic carbocycles. The average molecular weight is 349 g/mol. The highest BCUT2D eigenvalue weighted by molar-refractivity contribution is 5.96. The zero-order valence-electron chi connectivity index (χ0n) is 15.1. The minimum Gasteiger partial charge on any atom is -0.493 e. The molecule has 0 heterocycles. The number of nitrogens with one attached hydrogen (secondary N) is 1. The van der Waals surface area contributed by atoms with E-state index >= 15 is 0 Å². The van der Waals surface area contributed by atoms with Crippen molar-refractivity contribution in [2.45, 2.75) is 45.4 Å². The van der Waals surface area contributed by atoms with Crippen LogP contribution in [-0.2, 0) is 4.79 Å². The Morgan fingerprint density at radius 1 is 1.20 bits per heavy atom. The predicted molar refractivity (Wildman–Crippen MR) is 95.5 cm³/mol. The number of amides is 1. The first-order valence-corrected chi connectivity index (χ1v) is 8.75.